The first-order valence-corrected chi connectivity index (χ1v) is 19.4. The summed E-state index contributed by atoms with van der Waals surface area (Å²) in [5, 5.41) is 12.6. The average Bonchev–Trinajstić information content (AvgIpc) is 3.79. The number of para-hydroxylation sites is 3. The predicted octanol–water partition coefficient (Wildman–Crippen LogP) is 14.7. The molecular formula is C54H34N2. The zero-order chi connectivity index (χ0) is 36.7. The van der Waals surface area contributed by atoms with Crippen molar-refractivity contribution in [3.63, 3.8) is 0 Å². The van der Waals surface area contributed by atoms with Crippen molar-refractivity contribution in [2.24, 2.45) is 0 Å². The van der Waals surface area contributed by atoms with Crippen LogP contribution in [-0.4, -0.2) is 9.13 Å². The SMILES string of the molecule is c1ccc(-c2ccc3c4ccccc4c4c(-n5c6ccccc6c6cc(-c7ccc8c(c7)c7ccccc7n8-c7ccccc7)ccc65)cccc4c3c2)cc1. The van der Waals surface area contributed by atoms with Crippen LogP contribution in [0.2, 0.25) is 0 Å². The number of rotatable bonds is 4. The van der Waals surface area contributed by atoms with E-state index in [-0.39, 0.29) is 0 Å². The summed E-state index contributed by atoms with van der Waals surface area (Å²) in [7, 11) is 0. The van der Waals surface area contributed by atoms with Crippen LogP contribution in [0.25, 0.3) is 110 Å². The fraction of sp³-hybridized carbons (Fsp3) is 0. The van der Waals surface area contributed by atoms with Crippen molar-refractivity contribution in [3.05, 3.63) is 206 Å². The Morgan fingerprint density at radius 1 is 0.232 bits per heavy atom. The molecule has 0 N–H and O–H groups in total. The van der Waals surface area contributed by atoms with Gasteiger partial charge in [0.25, 0.3) is 0 Å². The number of fused-ring (bicyclic) bond motifs is 12. The van der Waals surface area contributed by atoms with E-state index >= 15 is 0 Å². The van der Waals surface area contributed by atoms with Crippen LogP contribution in [0.4, 0.5) is 0 Å². The molecule has 260 valence electrons. The van der Waals surface area contributed by atoms with Crippen molar-refractivity contribution in [2.45, 2.75) is 0 Å². The molecule has 0 bridgehead atoms. The van der Waals surface area contributed by atoms with E-state index in [9.17, 15) is 0 Å². The van der Waals surface area contributed by atoms with Crippen molar-refractivity contribution < 1.29 is 0 Å². The largest absolute Gasteiger partial charge is 0.309 e. The van der Waals surface area contributed by atoms with Crippen LogP contribution >= 0.6 is 0 Å². The van der Waals surface area contributed by atoms with Gasteiger partial charge in [0.2, 0.25) is 0 Å². The summed E-state index contributed by atoms with van der Waals surface area (Å²) in [6.45, 7) is 0. The topological polar surface area (TPSA) is 9.86 Å². The number of hydrogen-bond donors (Lipinski definition) is 0. The van der Waals surface area contributed by atoms with Gasteiger partial charge in [-0.15, -0.1) is 0 Å². The van der Waals surface area contributed by atoms with Crippen molar-refractivity contribution in [1.29, 1.82) is 0 Å². The van der Waals surface area contributed by atoms with Gasteiger partial charge in [-0.2, -0.15) is 0 Å². The highest BCUT2D eigenvalue weighted by Crippen LogP contribution is 2.43. The van der Waals surface area contributed by atoms with Crippen molar-refractivity contribution >= 4 is 75.9 Å². The summed E-state index contributed by atoms with van der Waals surface area (Å²) in [6, 6.07) is 75.7. The Kier molecular flexibility index (Phi) is 6.66. The minimum Gasteiger partial charge on any atom is -0.309 e. The van der Waals surface area contributed by atoms with Gasteiger partial charge in [0.15, 0.2) is 0 Å². The maximum atomic E-state index is 2.49. The third-order valence-electron chi connectivity index (χ3n) is 11.9. The number of hydrogen-bond acceptors (Lipinski definition) is 0. The molecule has 56 heavy (non-hydrogen) atoms. The Morgan fingerprint density at radius 2 is 0.679 bits per heavy atom. The standard InChI is InChI=1S/C54H34N2/c1-3-14-35(15-4-1)36-26-29-41-40-18-7-8-21-44(40)54-45(46(41)32-36)22-13-25-53(54)56-50-24-12-10-20-43(50)48-34-38(28-31-52(48)56)37-27-30-51-47(33-37)42-19-9-11-23-49(42)55(51)39-16-5-2-6-17-39/h1-34H. The number of benzene rings is 10. The zero-order valence-electron chi connectivity index (χ0n) is 30.5. The Hall–Kier alpha value is -7.42. The van der Waals surface area contributed by atoms with Crippen LogP contribution in [-0.2, 0) is 0 Å². The second-order valence-electron chi connectivity index (χ2n) is 14.9. The fourth-order valence-corrected chi connectivity index (χ4v) is 9.40. The lowest BCUT2D eigenvalue weighted by atomic mass is 9.91. The van der Waals surface area contributed by atoms with Crippen molar-refractivity contribution in [1.82, 2.24) is 9.13 Å². The Bertz CT molecular complexity index is 3510. The van der Waals surface area contributed by atoms with Crippen LogP contribution in [0.1, 0.15) is 0 Å². The highest BCUT2D eigenvalue weighted by atomic mass is 15.0. The molecule has 0 atom stereocenters. The summed E-state index contributed by atoms with van der Waals surface area (Å²) in [5.74, 6) is 0. The third-order valence-corrected chi connectivity index (χ3v) is 11.9. The van der Waals surface area contributed by atoms with Gasteiger partial charge in [0.05, 0.1) is 27.8 Å². The van der Waals surface area contributed by atoms with Gasteiger partial charge in [-0.1, -0.05) is 146 Å². The monoisotopic (exact) mass is 710 g/mol. The summed E-state index contributed by atoms with van der Waals surface area (Å²) in [6.07, 6.45) is 0. The van der Waals surface area contributed by atoms with Crippen LogP contribution in [0.3, 0.4) is 0 Å². The van der Waals surface area contributed by atoms with Gasteiger partial charge >= 0.3 is 0 Å². The molecule has 0 aliphatic carbocycles. The van der Waals surface area contributed by atoms with E-state index in [1.807, 2.05) is 0 Å². The lowest BCUT2D eigenvalue weighted by Gasteiger charge is -2.17. The molecule has 0 aliphatic rings. The minimum absolute atomic E-state index is 1.17. The maximum Gasteiger partial charge on any atom is 0.0547 e. The molecule has 12 rings (SSSR count). The van der Waals surface area contributed by atoms with E-state index in [2.05, 4.69) is 215 Å². The first-order chi connectivity index (χ1) is 27.8. The van der Waals surface area contributed by atoms with E-state index in [0.29, 0.717) is 0 Å². The molecule has 2 heterocycles. The second-order valence-corrected chi connectivity index (χ2v) is 14.9. The smallest absolute Gasteiger partial charge is 0.0547 e. The van der Waals surface area contributed by atoms with Crippen LogP contribution < -0.4 is 0 Å². The van der Waals surface area contributed by atoms with Gasteiger partial charge in [-0.25, -0.2) is 0 Å². The number of aromatic nitrogens is 2. The molecule has 0 amide bonds. The quantitative estimate of drug-likeness (QED) is 0.161. The van der Waals surface area contributed by atoms with Gasteiger partial charge in [0.1, 0.15) is 0 Å². The maximum absolute atomic E-state index is 2.49. The molecule has 0 fully saturated rings. The lowest BCUT2D eigenvalue weighted by molar-refractivity contribution is 1.18. The van der Waals surface area contributed by atoms with E-state index in [1.54, 1.807) is 0 Å². The molecule has 0 aliphatic heterocycles. The van der Waals surface area contributed by atoms with E-state index in [0.717, 1.165) is 0 Å². The molecular weight excluding hydrogens is 677 g/mol. The van der Waals surface area contributed by atoms with Crippen LogP contribution in [0.5, 0.6) is 0 Å². The van der Waals surface area contributed by atoms with Crippen molar-refractivity contribution in [2.75, 3.05) is 0 Å². The Labute approximate surface area is 323 Å². The predicted molar refractivity (Wildman–Crippen MR) is 239 cm³/mol. The average molecular weight is 711 g/mol. The van der Waals surface area contributed by atoms with Gasteiger partial charge in [-0.05, 0) is 110 Å². The summed E-state index contributed by atoms with van der Waals surface area (Å²) in [4.78, 5) is 0. The van der Waals surface area contributed by atoms with Crippen LogP contribution in [0.15, 0.2) is 206 Å². The van der Waals surface area contributed by atoms with E-state index in [1.165, 1.54) is 110 Å². The molecule has 0 saturated carbocycles. The summed E-state index contributed by atoms with van der Waals surface area (Å²) < 4.78 is 4.87. The molecule has 10 aromatic carbocycles. The summed E-state index contributed by atoms with van der Waals surface area (Å²) >= 11 is 0. The Balaban J connectivity index is 1.09. The molecule has 0 radical (unpaired) electrons. The lowest BCUT2D eigenvalue weighted by Crippen LogP contribution is -1.97. The normalized spacial score (nSPS) is 11.9. The molecule has 12 aromatic rings. The van der Waals surface area contributed by atoms with E-state index in [4.69, 9.17) is 0 Å². The molecule has 2 heteroatoms. The molecule has 2 nitrogen and oxygen atoms in total. The van der Waals surface area contributed by atoms with Gasteiger partial charge in [0, 0.05) is 32.6 Å². The van der Waals surface area contributed by atoms with Gasteiger partial charge in [-0.3, -0.25) is 0 Å². The fourth-order valence-electron chi connectivity index (χ4n) is 9.40. The van der Waals surface area contributed by atoms with Crippen LogP contribution in [0, 0.1) is 0 Å². The first-order valence-electron chi connectivity index (χ1n) is 19.4. The second kappa shape index (κ2) is 12.0. The molecule has 0 unspecified atom stereocenters. The summed E-state index contributed by atoms with van der Waals surface area (Å²) in [5.41, 5.74) is 12.1. The Morgan fingerprint density at radius 3 is 1.38 bits per heavy atom. The molecule has 0 saturated heterocycles. The minimum atomic E-state index is 1.17. The zero-order valence-corrected chi connectivity index (χ0v) is 30.5. The first kappa shape index (κ1) is 31.0. The molecule has 0 spiro atoms. The van der Waals surface area contributed by atoms with Gasteiger partial charge < -0.3 is 9.13 Å². The third kappa shape index (κ3) is 4.50. The number of nitrogens with zero attached hydrogens (tertiary/aromatic N) is 2. The van der Waals surface area contributed by atoms with E-state index < -0.39 is 0 Å². The highest BCUT2D eigenvalue weighted by Gasteiger charge is 2.19. The van der Waals surface area contributed by atoms with Crippen molar-refractivity contribution in [3.8, 4) is 33.6 Å². The molecule has 2 aromatic heterocycles. The highest BCUT2D eigenvalue weighted by molar-refractivity contribution is 6.28.